The molecule has 0 unspecified atom stereocenters. The molecule has 4 rings (SSSR count). The topological polar surface area (TPSA) is 118 Å². The van der Waals surface area contributed by atoms with E-state index in [1.165, 1.54) is 19.2 Å². The number of pyridine rings is 1. The number of hydrogen-bond acceptors (Lipinski definition) is 5. The van der Waals surface area contributed by atoms with Crippen LogP contribution in [0.1, 0.15) is 54.1 Å². The standard InChI is InChI=1S/C19H23FN4O3S2/c1-19(2,26)17-15(20)14(9-28-17)29(21,27)24-18(25)23-16-10-5-3-7-12(10)22-13-8-4-6-11(13)16/h9,26H,3-8H2,1-2H3,(H3,21,22,23,24,25,27)/t29-/m0/s1. The van der Waals surface area contributed by atoms with Crippen LogP contribution in [-0.2, 0) is 41.2 Å². The van der Waals surface area contributed by atoms with E-state index in [1.54, 1.807) is 0 Å². The second-order valence-electron chi connectivity index (χ2n) is 7.94. The molecule has 0 fully saturated rings. The van der Waals surface area contributed by atoms with Gasteiger partial charge in [0.2, 0.25) is 0 Å². The summed E-state index contributed by atoms with van der Waals surface area (Å²) in [6.45, 7) is 2.83. The highest BCUT2D eigenvalue weighted by Gasteiger charge is 2.30. The Hall–Kier alpha value is -1.88. The highest BCUT2D eigenvalue weighted by atomic mass is 32.2. The first kappa shape index (κ1) is 20.4. The lowest BCUT2D eigenvalue weighted by Gasteiger charge is -2.15. The number of aromatic nitrogens is 1. The van der Waals surface area contributed by atoms with Crippen molar-refractivity contribution in [3.8, 4) is 0 Å². The molecular weight excluding hydrogens is 415 g/mol. The van der Waals surface area contributed by atoms with E-state index in [2.05, 4.69) is 9.68 Å². The highest BCUT2D eigenvalue weighted by Crippen LogP contribution is 2.37. The Morgan fingerprint density at radius 2 is 1.86 bits per heavy atom. The van der Waals surface area contributed by atoms with E-state index in [9.17, 15) is 18.5 Å². The van der Waals surface area contributed by atoms with Gasteiger partial charge in [0, 0.05) is 16.8 Å². The van der Waals surface area contributed by atoms with Crippen LogP contribution in [0.15, 0.2) is 14.6 Å². The molecule has 2 amide bonds. The summed E-state index contributed by atoms with van der Waals surface area (Å²) < 4.78 is 31.1. The van der Waals surface area contributed by atoms with Gasteiger partial charge < -0.3 is 10.4 Å². The number of nitrogens with two attached hydrogens (primary N) is 1. The predicted molar refractivity (Wildman–Crippen MR) is 110 cm³/mol. The van der Waals surface area contributed by atoms with Crippen molar-refractivity contribution in [2.24, 2.45) is 9.50 Å². The molecular formula is C19H23FN4O3S2. The van der Waals surface area contributed by atoms with E-state index >= 15 is 0 Å². The summed E-state index contributed by atoms with van der Waals surface area (Å²) in [6.07, 6.45) is 5.32. The SMILES string of the molecule is CC(C)(O)c1scc([S@@](N)(=O)=NC(=O)Nc2c3c(nc4c2CCC4)CCC3)c1F. The first-order valence-electron chi connectivity index (χ1n) is 9.47. The molecule has 0 radical (unpaired) electrons. The fraction of sp³-hybridized carbons (Fsp3) is 0.474. The van der Waals surface area contributed by atoms with Crippen LogP contribution < -0.4 is 10.5 Å². The molecule has 0 bridgehead atoms. The van der Waals surface area contributed by atoms with Crippen LogP contribution in [0, 0.1) is 5.82 Å². The van der Waals surface area contributed by atoms with E-state index in [0.29, 0.717) is 5.69 Å². The van der Waals surface area contributed by atoms with Gasteiger partial charge in [-0.1, -0.05) is 0 Å². The largest absolute Gasteiger partial charge is 0.385 e. The van der Waals surface area contributed by atoms with Crippen LogP contribution >= 0.6 is 11.3 Å². The minimum atomic E-state index is -3.81. The Bertz CT molecular complexity index is 1100. The second-order valence-corrected chi connectivity index (χ2v) is 10.6. The van der Waals surface area contributed by atoms with E-state index in [0.717, 1.165) is 72.4 Å². The summed E-state index contributed by atoms with van der Waals surface area (Å²) >= 11 is 0.889. The number of aryl methyl sites for hydroxylation is 2. The first-order valence-corrected chi connectivity index (χ1v) is 11.9. The average molecular weight is 439 g/mol. The van der Waals surface area contributed by atoms with Gasteiger partial charge in [-0.3, -0.25) is 4.98 Å². The number of carbonyl (C=O) groups is 1. The van der Waals surface area contributed by atoms with E-state index < -0.39 is 27.4 Å². The monoisotopic (exact) mass is 438 g/mol. The van der Waals surface area contributed by atoms with Crippen molar-refractivity contribution >= 4 is 33.0 Å². The van der Waals surface area contributed by atoms with Crippen molar-refractivity contribution < 1.29 is 18.5 Å². The fourth-order valence-corrected chi connectivity index (χ4v) is 6.32. The van der Waals surface area contributed by atoms with Crippen LogP contribution in [0.2, 0.25) is 0 Å². The summed E-state index contributed by atoms with van der Waals surface area (Å²) in [4.78, 5) is 16.9. The summed E-state index contributed by atoms with van der Waals surface area (Å²) in [5.41, 5.74) is 3.24. The molecule has 2 aromatic rings. The summed E-state index contributed by atoms with van der Waals surface area (Å²) in [6, 6.07) is -0.873. The average Bonchev–Trinajstić information content (AvgIpc) is 3.31. The minimum absolute atomic E-state index is 0.00828. The zero-order chi connectivity index (χ0) is 21.0. The number of fused-ring (bicyclic) bond motifs is 2. The third-order valence-corrected chi connectivity index (χ3v) is 8.05. The van der Waals surface area contributed by atoms with Crippen LogP contribution in [0.4, 0.5) is 14.9 Å². The van der Waals surface area contributed by atoms with Crippen LogP contribution in [-0.4, -0.2) is 20.3 Å². The van der Waals surface area contributed by atoms with Gasteiger partial charge in [0.25, 0.3) is 0 Å². The van der Waals surface area contributed by atoms with Crippen molar-refractivity contribution in [1.29, 1.82) is 0 Å². The van der Waals surface area contributed by atoms with Gasteiger partial charge in [0.15, 0.2) is 5.82 Å². The lowest BCUT2D eigenvalue weighted by molar-refractivity contribution is 0.0785. The molecule has 7 nitrogen and oxygen atoms in total. The summed E-state index contributed by atoms with van der Waals surface area (Å²) in [5, 5.41) is 19.8. The van der Waals surface area contributed by atoms with E-state index in [1.807, 2.05) is 0 Å². The number of amides is 2. The molecule has 29 heavy (non-hydrogen) atoms. The molecule has 0 aromatic carbocycles. The Morgan fingerprint density at radius 3 is 2.38 bits per heavy atom. The molecule has 2 aliphatic rings. The van der Waals surface area contributed by atoms with Gasteiger partial charge in [0.05, 0.1) is 16.2 Å². The van der Waals surface area contributed by atoms with Gasteiger partial charge in [-0.15, -0.1) is 15.7 Å². The van der Waals surface area contributed by atoms with Gasteiger partial charge >= 0.3 is 6.03 Å². The normalized spacial score (nSPS) is 17.6. The number of halogens is 1. The second kappa shape index (κ2) is 7.12. The van der Waals surface area contributed by atoms with Crippen molar-refractivity contribution in [2.45, 2.75) is 62.9 Å². The molecule has 2 aromatic heterocycles. The quantitative estimate of drug-likeness (QED) is 0.680. The molecule has 156 valence electrons. The number of carbonyl (C=O) groups excluding carboxylic acids is 1. The molecule has 2 aliphatic carbocycles. The number of nitrogens with one attached hydrogen (secondary N) is 1. The van der Waals surface area contributed by atoms with Gasteiger partial charge in [-0.05, 0) is 63.5 Å². The Labute approximate surface area is 172 Å². The zero-order valence-electron chi connectivity index (χ0n) is 16.2. The third kappa shape index (κ3) is 3.70. The summed E-state index contributed by atoms with van der Waals surface area (Å²) in [7, 11) is -3.81. The molecule has 2 heterocycles. The molecule has 10 heteroatoms. The maximum absolute atomic E-state index is 14.7. The number of thiophene rings is 1. The smallest absolute Gasteiger partial charge is 0.354 e. The maximum atomic E-state index is 14.7. The van der Waals surface area contributed by atoms with Crippen LogP contribution in [0.25, 0.3) is 0 Å². The number of urea groups is 1. The number of rotatable bonds is 3. The van der Waals surface area contributed by atoms with Crippen LogP contribution in [0.5, 0.6) is 0 Å². The number of nitrogens with zero attached hydrogens (tertiary/aromatic N) is 2. The Kier molecular flexibility index (Phi) is 5.01. The molecule has 1 atom stereocenters. The Balaban J connectivity index is 1.68. The first-order chi connectivity index (χ1) is 13.6. The molecule has 0 saturated heterocycles. The number of hydrogen-bond donors (Lipinski definition) is 3. The van der Waals surface area contributed by atoms with Gasteiger partial charge in [-0.25, -0.2) is 18.5 Å². The van der Waals surface area contributed by atoms with Crippen molar-refractivity contribution in [2.75, 3.05) is 5.32 Å². The number of aliphatic hydroxyl groups is 1. The van der Waals surface area contributed by atoms with Crippen molar-refractivity contribution in [3.63, 3.8) is 0 Å². The summed E-state index contributed by atoms with van der Waals surface area (Å²) in [5.74, 6) is -0.891. The lowest BCUT2D eigenvalue weighted by Crippen LogP contribution is -2.20. The molecule has 4 N–H and O–H groups in total. The highest BCUT2D eigenvalue weighted by molar-refractivity contribution is 7.91. The van der Waals surface area contributed by atoms with E-state index in [4.69, 9.17) is 10.1 Å². The lowest BCUT2D eigenvalue weighted by atomic mass is 10.1. The van der Waals surface area contributed by atoms with Gasteiger partial charge in [-0.2, -0.15) is 0 Å². The predicted octanol–water partition coefficient (Wildman–Crippen LogP) is 3.42. The molecule has 0 aliphatic heterocycles. The molecule has 0 saturated carbocycles. The van der Waals surface area contributed by atoms with E-state index in [-0.39, 0.29) is 9.77 Å². The molecule has 0 spiro atoms. The third-order valence-electron chi connectivity index (χ3n) is 5.27. The number of anilines is 1. The zero-order valence-corrected chi connectivity index (χ0v) is 17.9. The maximum Gasteiger partial charge on any atom is 0.354 e. The van der Waals surface area contributed by atoms with Crippen LogP contribution in [0.3, 0.4) is 0 Å². The minimum Gasteiger partial charge on any atom is -0.385 e. The van der Waals surface area contributed by atoms with Gasteiger partial charge in [0.1, 0.15) is 14.8 Å². The Morgan fingerprint density at radius 1 is 1.28 bits per heavy atom. The fourth-order valence-electron chi connectivity index (χ4n) is 3.98. The van der Waals surface area contributed by atoms with Crippen molar-refractivity contribution in [1.82, 2.24) is 4.98 Å². The van der Waals surface area contributed by atoms with Crippen molar-refractivity contribution in [3.05, 3.63) is 38.6 Å².